The molecule has 0 saturated heterocycles. The van der Waals surface area contributed by atoms with Gasteiger partial charge in [-0.2, -0.15) is 0 Å². The first kappa shape index (κ1) is 16.1. The number of benzene rings is 1. The minimum Gasteiger partial charge on any atom is -0.507 e. The number of phenolic OH excluding ortho intramolecular Hbond substituents is 1. The molecule has 107 valence electrons. The van der Waals surface area contributed by atoms with Crippen LogP contribution in [0.3, 0.4) is 0 Å². The molecule has 0 fully saturated rings. The van der Waals surface area contributed by atoms with Crippen molar-refractivity contribution in [3.05, 3.63) is 28.3 Å². The SMILES string of the molecule is CCc1[c]c(CC)c(C(C)(C)C)c(O)c1C(C)(C)C. The number of phenols is 1. The van der Waals surface area contributed by atoms with Crippen LogP contribution in [0.5, 0.6) is 5.75 Å². The maximum Gasteiger partial charge on any atom is 0.123 e. The van der Waals surface area contributed by atoms with Gasteiger partial charge in [-0.25, -0.2) is 0 Å². The molecule has 0 atom stereocenters. The van der Waals surface area contributed by atoms with Gasteiger partial charge in [0.25, 0.3) is 0 Å². The van der Waals surface area contributed by atoms with Crippen molar-refractivity contribution in [2.45, 2.75) is 79.1 Å². The fraction of sp³-hybridized carbons (Fsp3) is 0.667. The van der Waals surface area contributed by atoms with Crippen LogP contribution in [0.1, 0.15) is 77.6 Å². The predicted octanol–water partition coefficient (Wildman–Crippen LogP) is 4.91. The molecule has 0 unspecified atom stereocenters. The monoisotopic (exact) mass is 261 g/mol. The lowest BCUT2D eigenvalue weighted by Gasteiger charge is -2.31. The van der Waals surface area contributed by atoms with Crippen molar-refractivity contribution in [3.8, 4) is 5.75 Å². The quantitative estimate of drug-likeness (QED) is 0.801. The van der Waals surface area contributed by atoms with Crippen LogP contribution < -0.4 is 0 Å². The van der Waals surface area contributed by atoms with Gasteiger partial charge in [-0.1, -0.05) is 55.4 Å². The van der Waals surface area contributed by atoms with Crippen molar-refractivity contribution in [1.29, 1.82) is 0 Å². The summed E-state index contributed by atoms with van der Waals surface area (Å²) in [6, 6.07) is 3.57. The van der Waals surface area contributed by atoms with E-state index in [1.807, 2.05) is 0 Å². The lowest BCUT2D eigenvalue weighted by atomic mass is 9.74. The second kappa shape index (κ2) is 5.19. The summed E-state index contributed by atoms with van der Waals surface area (Å²) in [5.74, 6) is 0.493. The Balaban J connectivity index is 3.76. The lowest BCUT2D eigenvalue weighted by Crippen LogP contribution is -2.21. The second-order valence-corrected chi connectivity index (χ2v) is 7.39. The molecule has 0 aliphatic carbocycles. The van der Waals surface area contributed by atoms with E-state index in [0.717, 1.165) is 35.1 Å². The molecule has 0 aromatic heterocycles. The molecule has 0 spiro atoms. The molecular formula is C18H29O. The normalized spacial score (nSPS) is 12.8. The fourth-order valence-corrected chi connectivity index (χ4v) is 2.86. The first-order valence-corrected chi connectivity index (χ1v) is 7.34. The largest absolute Gasteiger partial charge is 0.507 e. The highest BCUT2D eigenvalue weighted by Gasteiger charge is 2.30. The van der Waals surface area contributed by atoms with Crippen LogP contribution in [-0.4, -0.2) is 5.11 Å². The maximum atomic E-state index is 10.9. The summed E-state index contributed by atoms with van der Waals surface area (Å²) in [7, 11) is 0. The van der Waals surface area contributed by atoms with E-state index < -0.39 is 0 Å². The number of rotatable bonds is 2. The van der Waals surface area contributed by atoms with Crippen LogP contribution in [0.2, 0.25) is 0 Å². The zero-order valence-corrected chi connectivity index (χ0v) is 13.9. The average molecular weight is 261 g/mol. The van der Waals surface area contributed by atoms with Gasteiger partial charge < -0.3 is 5.11 Å². The number of aromatic hydroxyl groups is 1. The lowest BCUT2D eigenvalue weighted by molar-refractivity contribution is 0.419. The van der Waals surface area contributed by atoms with Gasteiger partial charge >= 0.3 is 0 Å². The van der Waals surface area contributed by atoms with Crippen LogP contribution in [0.4, 0.5) is 0 Å². The summed E-state index contributed by atoms with van der Waals surface area (Å²) in [5.41, 5.74) is 4.34. The van der Waals surface area contributed by atoms with Gasteiger partial charge in [0.05, 0.1) is 0 Å². The minimum absolute atomic E-state index is 0.0573. The fourth-order valence-electron chi connectivity index (χ4n) is 2.86. The van der Waals surface area contributed by atoms with E-state index in [0.29, 0.717) is 5.75 Å². The van der Waals surface area contributed by atoms with Gasteiger partial charge in [-0.3, -0.25) is 0 Å². The smallest absolute Gasteiger partial charge is 0.123 e. The molecule has 1 rings (SSSR count). The summed E-state index contributed by atoms with van der Waals surface area (Å²) < 4.78 is 0. The van der Waals surface area contributed by atoms with Gasteiger partial charge in [0.2, 0.25) is 0 Å². The van der Waals surface area contributed by atoms with E-state index in [-0.39, 0.29) is 10.8 Å². The molecule has 1 N–H and O–H groups in total. The molecule has 1 nitrogen and oxygen atoms in total. The van der Waals surface area contributed by atoms with Crippen LogP contribution in [0, 0.1) is 6.07 Å². The van der Waals surface area contributed by atoms with Crippen molar-refractivity contribution in [1.82, 2.24) is 0 Å². The summed E-state index contributed by atoms with van der Waals surface area (Å²) >= 11 is 0. The van der Waals surface area contributed by atoms with E-state index in [4.69, 9.17) is 0 Å². The molecule has 1 radical (unpaired) electrons. The number of aryl methyl sites for hydroxylation is 2. The van der Waals surface area contributed by atoms with Gasteiger partial charge in [-0.15, -0.1) is 0 Å². The van der Waals surface area contributed by atoms with Crippen molar-refractivity contribution in [3.63, 3.8) is 0 Å². The van der Waals surface area contributed by atoms with E-state index >= 15 is 0 Å². The molecule has 0 aliphatic heterocycles. The van der Waals surface area contributed by atoms with Gasteiger partial charge in [0.1, 0.15) is 5.75 Å². The van der Waals surface area contributed by atoms with Crippen LogP contribution in [-0.2, 0) is 23.7 Å². The average Bonchev–Trinajstić information content (AvgIpc) is 2.23. The molecule has 0 saturated carbocycles. The Hall–Kier alpha value is -0.980. The Morgan fingerprint density at radius 3 is 1.32 bits per heavy atom. The molecule has 0 heterocycles. The summed E-state index contributed by atoms with van der Waals surface area (Å²) in [4.78, 5) is 0. The predicted molar refractivity (Wildman–Crippen MR) is 83.1 cm³/mol. The van der Waals surface area contributed by atoms with Crippen molar-refractivity contribution in [2.75, 3.05) is 0 Å². The minimum atomic E-state index is -0.0573. The topological polar surface area (TPSA) is 20.2 Å². The van der Waals surface area contributed by atoms with Crippen LogP contribution in [0.15, 0.2) is 0 Å². The van der Waals surface area contributed by atoms with Crippen LogP contribution >= 0.6 is 0 Å². The van der Waals surface area contributed by atoms with Gasteiger partial charge in [0.15, 0.2) is 0 Å². The highest BCUT2D eigenvalue weighted by atomic mass is 16.3. The van der Waals surface area contributed by atoms with E-state index in [1.54, 1.807) is 0 Å². The Kier molecular flexibility index (Phi) is 4.39. The summed E-state index contributed by atoms with van der Waals surface area (Å²) in [6.07, 6.45) is 1.83. The highest BCUT2D eigenvalue weighted by molar-refractivity contribution is 5.55. The number of hydrogen-bond donors (Lipinski definition) is 1. The van der Waals surface area contributed by atoms with Gasteiger partial charge in [-0.05, 0) is 40.9 Å². The molecule has 1 aromatic carbocycles. The standard InChI is InChI=1S/C18H29O/c1-9-12-11-13(10-2)15(18(6,7)8)16(19)14(12)17(3,4)5/h19H,9-10H2,1-8H3. The Bertz CT molecular complexity index is 416. The Labute approximate surface area is 119 Å². The molecule has 0 amide bonds. The van der Waals surface area contributed by atoms with Crippen molar-refractivity contribution >= 4 is 0 Å². The van der Waals surface area contributed by atoms with Crippen molar-refractivity contribution in [2.24, 2.45) is 0 Å². The van der Waals surface area contributed by atoms with Gasteiger partial charge in [0, 0.05) is 11.1 Å². The summed E-state index contributed by atoms with van der Waals surface area (Å²) in [5, 5.41) is 10.9. The molecule has 1 aromatic rings. The zero-order valence-electron chi connectivity index (χ0n) is 13.9. The first-order chi connectivity index (χ1) is 8.54. The Morgan fingerprint density at radius 2 is 1.11 bits per heavy atom. The molecule has 1 heteroatoms. The highest BCUT2D eigenvalue weighted by Crippen LogP contribution is 2.43. The molecule has 0 aliphatic rings. The Morgan fingerprint density at radius 1 is 0.789 bits per heavy atom. The molecular weight excluding hydrogens is 232 g/mol. The molecule has 19 heavy (non-hydrogen) atoms. The van der Waals surface area contributed by atoms with E-state index in [9.17, 15) is 5.11 Å². The van der Waals surface area contributed by atoms with E-state index in [1.165, 1.54) is 0 Å². The third-order valence-electron chi connectivity index (χ3n) is 3.59. The van der Waals surface area contributed by atoms with Crippen molar-refractivity contribution < 1.29 is 5.11 Å². The van der Waals surface area contributed by atoms with E-state index in [2.05, 4.69) is 61.5 Å². The number of hydrogen-bond acceptors (Lipinski definition) is 1. The third kappa shape index (κ3) is 3.13. The first-order valence-electron chi connectivity index (χ1n) is 7.34. The maximum absolute atomic E-state index is 10.9. The summed E-state index contributed by atoms with van der Waals surface area (Å²) in [6.45, 7) is 17.2. The zero-order chi connectivity index (χ0) is 15.0. The van der Waals surface area contributed by atoms with Crippen LogP contribution in [0.25, 0.3) is 0 Å². The second-order valence-electron chi connectivity index (χ2n) is 7.39. The third-order valence-corrected chi connectivity index (χ3v) is 3.59. The molecule has 0 bridgehead atoms.